The van der Waals surface area contributed by atoms with Gasteiger partial charge in [-0.25, -0.2) is 0 Å². The molecule has 1 N–H and O–H groups in total. The van der Waals surface area contributed by atoms with E-state index in [1.54, 1.807) is 11.3 Å². The molecule has 19 heavy (non-hydrogen) atoms. The number of hydrogen-bond acceptors (Lipinski definition) is 4. The van der Waals surface area contributed by atoms with Crippen LogP contribution in [0.3, 0.4) is 0 Å². The Hall–Kier alpha value is -1.20. The average Bonchev–Trinajstić information content (AvgIpc) is 3.11. The zero-order chi connectivity index (χ0) is 12.9. The first kappa shape index (κ1) is 12.8. The molecule has 0 unspecified atom stereocenters. The Kier molecular flexibility index (Phi) is 4.25. The lowest BCUT2D eigenvalue weighted by molar-refractivity contribution is 0.327. The molecular weight excluding hydrogens is 256 g/mol. The molecule has 4 nitrogen and oxygen atoms in total. The van der Waals surface area contributed by atoms with Crippen LogP contribution < -0.4 is 5.32 Å². The van der Waals surface area contributed by atoms with E-state index in [2.05, 4.69) is 27.2 Å². The molecule has 5 heteroatoms. The van der Waals surface area contributed by atoms with Crippen molar-refractivity contribution >= 4 is 11.3 Å². The van der Waals surface area contributed by atoms with E-state index in [9.17, 15) is 0 Å². The summed E-state index contributed by atoms with van der Waals surface area (Å²) in [6.45, 7) is 1.71. The van der Waals surface area contributed by atoms with E-state index in [0.29, 0.717) is 6.04 Å². The number of nitrogens with one attached hydrogen (secondary N) is 1. The molecule has 0 spiro atoms. The van der Waals surface area contributed by atoms with E-state index in [0.717, 1.165) is 18.8 Å². The maximum atomic E-state index is 4.69. The van der Waals surface area contributed by atoms with Crippen molar-refractivity contribution < 1.29 is 0 Å². The molecule has 1 aliphatic carbocycles. The fourth-order valence-electron chi connectivity index (χ4n) is 2.66. The highest BCUT2D eigenvalue weighted by atomic mass is 32.1. The summed E-state index contributed by atoms with van der Waals surface area (Å²) in [7, 11) is 0. The molecule has 0 amide bonds. The van der Waals surface area contributed by atoms with Crippen LogP contribution in [-0.2, 0) is 13.1 Å². The molecular formula is C14H20N4S. The number of hydrogen-bond donors (Lipinski definition) is 1. The van der Waals surface area contributed by atoms with Gasteiger partial charge in [-0.15, -0.1) is 11.3 Å². The van der Waals surface area contributed by atoms with Crippen molar-refractivity contribution in [1.82, 2.24) is 20.1 Å². The summed E-state index contributed by atoms with van der Waals surface area (Å²) in [5.74, 6) is 0. The third-order valence-electron chi connectivity index (χ3n) is 3.70. The van der Waals surface area contributed by atoms with Crippen LogP contribution in [-0.4, -0.2) is 14.8 Å². The monoisotopic (exact) mass is 276 g/mol. The normalized spacial score (nSPS) is 16.8. The topological polar surface area (TPSA) is 42.7 Å². The first-order chi connectivity index (χ1) is 9.42. The van der Waals surface area contributed by atoms with Gasteiger partial charge in [-0.3, -0.25) is 9.67 Å². The van der Waals surface area contributed by atoms with E-state index in [4.69, 9.17) is 5.10 Å². The number of aromatic nitrogens is 3. The third kappa shape index (κ3) is 3.42. The van der Waals surface area contributed by atoms with Crippen LogP contribution in [0.25, 0.3) is 0 Å². The largest absolute Gasteiger partial charge is 0.306 e. The Morgan fingerprint density at radius 1 is 1.26 bits per heavy atom. The van der Waals surface area contributed by atoms with E-state index >= 15 is 0 Å². The predicted molar refractivity (Wildman–Crippen MR) is 77.0 cm³/mol. The second-order valence-electron chi connectivity index (χ2n) is 5.15. The molecule has 2 heterocycles. The van der Waals surface area contributed by atoms with Crippen molar-refractivity contribution in [3.8, 4) is 0 Å². The summed E-state index contributed by atoms with van der Waals surface area (Å²) in [6.07, 6.45) is 10.7. The molecule has 2 aromatic heterocycles. The standard InChI is InChI=1S/C14H20N4S/c1-2-4-13(5-3-1)18-7-6-12(17-18)8-15-9-14-10-16-11-19-14/h6-7,10-11,13,15H,1-5,8-9H2. The molecule has 3 rings (SSSR count). The van der Waals surface area contributed by atoms with Gasteiger partial charge in [-0.05, 0) is 18.9 Å². The summed E-state index contributed by atoms with van der Waals surface area (Å²) in [4.78, 5) is 5.34. The quantitative estimate of drug-likeness (QED) is 0.912. The van der Waals surface area contributed by atoms with Crippen molar-refractivity contribution in [2.24, 2.45) is 0 Å². The molecule has 0 bridgehead atoms. The Labute approximate surface area is 117 Å². The van der Waals surface area contributed by atoms with Crippen molar-refractivity contribution in [3.63, 3.8) is 0 Å². The van der Waals surface area contributed by atoms with Crippen LogP contribution in [0.2, 0.25) is 0 Å². The Balaban J connectivity index is 1.50. The van der Waals surface area contributed by atoms with Crippen molar-refractivity contribution in [2.75, 3.05) is 0 Å². The first-order valence-corrected chi connectivity index (χ1v) is 7.92. The highest BCUT2D eigenvalue weighted by Crippen LogP contribution is 2.27. The fourth-order valence-corrected chi connectivity index (χ4v) is 3.23. The van der Waals surface area contributed by atoms with Crippen molar-refractivity contribution in [2.45, 2.75) is 51.2 Å². The number of thiazole rings is 1. The van der Waals surface area contributed by atoms with Gasteiger partial charge >= 0.3 is 0 Å². The summed E-state index contributed by atoms with van der Waals surface area (Å²) in [6, 6.07) is 2.76. The van der Waals surface area contributed by atoms with Gasteiger partial charge in [0.1, 0.15) is 0 Å². The van der Waals surface area contributed by atoms with Crippen LogP contribution in [0.4, 0.5) is 0 Å². The molecule has 102 valence electrons. The van der Waals surface area contributed by atoms with Gasteiger partial charge in [0.2, 0.25) is 0 Å². The van der Waals surface area contributed by atoms with Gasteiger partial charge in [-0.1, -0.05) is 19.3 Å². The lowest BCUT2D eigenvalue weighted by Crippen LogP contribution is -2.15. The zero-order valence-electron chi connectivity index (χ0n) is 11.1. The van der Waals surface area contributed by atoms with Crippen molar-refractivity contribution in [1.29, 1.82) is 0 Å². The van der Waals surface area contributed by atoms with Crippen LogP contribution in [0.5, 0.6) is 0 Å². The molecule has 0 atom stereocenters. The average molecular weight is 276 g/mol. The molecule has 1 aliphatic rings. The highest BCUT2D eigenvalue weighted by Gasteiger charge is 2.15. The SMILES string of the molecule is c1ncc(CNCc2ccn(C3CCCCC3)n2)s1. The summed E-state index contributed by atoms with van der Waals surface area (Å²) < 4.78 is 2.17. The Morgan fingerprint density at radius 3 is 2.95 bits per heavy atom. The van der Waals surface area contributed by atoms with Crippen LogP contribution >= 0.6 is 11.3 Å². The Bertz CT molecular complexity index is 485. The molecule has 0 aliphatic heterocycles. The smallest absolute Gasteiger partial charge is 0.0794 e. The first-order valence-electron chi connectivity index (χ1n) is 7.04. The summed E-state index contributed by atoms with van der Waals surface area (Å²) in [5, 5.41) is 8.11. The van der Waals surface area contributed by atoms with Gasteiger partial charge in [-0.2, -0.15) is 5.10 Å². The van der Waals surface area contributed by atoms with Gasteiger partial charge in [0, 0.05) is 30.4 Å². The molecule has 0 radical (unpaired) electrons. The van der Waals surface area contributed by atoms with Gasteiger partial charge in [0.15, 0.2) is 0 Å². The zero-order valence-corrected chi connectivity index (χ0v) is 11.9. The van der Waals surface area contributed by atoms with E-state index < -0.39 is 0 Å². The minimum atomic E-state index is 0.629. The van der Waals surface area contributed by atoms with E-state index in [1.165, 1.54) is 37.0 Å². The molecule has 2 aromatic rings. The van der Waals surface area contributed by atoms with E-state index in [1.807, 2.05) is 11.7 Å². The van der Waals surface area contributed by atoms with Gasteiger partial charge in [0.05, 0.1) is 17.2 Å². The fraction of sp³-hybridized carbons (Fsp3) is 0.571. The summed E-state index contributed by atoms with van der Waals surface area (Å²) in [5.41, 5.74) is 3.00. The highest BCUT2D eigenvalue weighted by molar-refractivity contribution is 7.09. The molecule has 0 aromatic carbocycles. The minimum absolute atomic E-state index is 0.629. The Morgan fingerprint density at radius 2 is 2.16 bits per heavy atom. The van der Waals surface area contributed by atoms with Crippen LogP contribution in [0.1, 0.15) is 48.7 Å². The second-order valence-corrected chi connectivity index (χ2v) is 6.12. The predicted octanol–water partition coefficient (Wildman–Crippen LogP) is 3.13. The van der Waals surface area contributed by atoms with E-state index in [-0.39, 0.29) is 0 Å². The third-order valence-corrected chi connectivity index (χ3v) is 4.48. The molecule has 1 fully saturated rings. The number of nitrogens with zero attached hydrogens (tertiary/aromatic N) is 3. The van der Waals surface area contributed by atoms with Crippen LogP contribution in [0.15, 0.2) is 24.0 Å². The van der Waals surface area contributed by atoms with Crippen LogP contribution in [0, 0.1) is 0 Å². The van der Waals surface area contributed by atoms with Gasteiger partial charge in [0.25, 0.3) is 0 Å². The maximum absolute atomic E-state index is 4.69. The minimum Gasteiger partial charge on any atom is -0.306 e. The van der Waals surface area contributed by atoms with Gasteiger partial charge < -0.3 is 5.32 Å². The lowest BCUT2D eigenvalue weighted by atomic mass is 9.96. The van der Waals surface area contributed by atoms with Crippen molar-refractivity contribution in [3.05, 3.63) is 34.5 Å². The second kappa shape index (κ2) is 6.30. The lowest BCUT2D eigenvalue weighted by Gasteiger charge is -2.21. The molecule has 0 saturated heterocycles. The maximum Gasteiger partial charge on any atom is 0.0794 e. The molecule has 1 saturated carbocycles. The number of rotatable bonds is 5. The summed E-state index contributed by atoms with van der Waals surface area (Å²) >= 11 is 1.69.